The van der Waals surface area contributed by atoms with E-state index in [0.29, 0.717) is 0 Å². The summed E-state index contributed by atoms with van der Waals surface area (Å²) < 4.78 is 0. The molecule has 0 amide bonds. The van der Waals surface area contributed by atoms with Gasteiger partial charge in [0.15, 0.2) is 0 Å². The molecule has 0 spiro atoms. The fraction of sp³-hybridized carbons (Fsp3) is 0.222. The summed E-state index contributed by atoms with van der Waals surface area (Å²) in [5.41, 5.74) is 0.561. The summed E-state index contributed by atoms with van der Waals surface area (Å²) in [5.74, 6) is -0.507. The largest absolute Gasteiger partial charge is 0.485 e. The number of aliphatic carboxylic acids is 1. The van der Waals surface area contributed by atoms with E-state index in [1.807, 2.05) is 24.4 Å². The molecule has 1 aromatic heterocycles. The van der Waals surface area contributed by atoms with Crippen molar-refractivity contribution in [2.45, 2.75) is 20.8 Å². The van der Waals surface area contributed by atoms with Crippen LogP contribution in [0.5, 0.6) is 0 Å². The SMILES string of the molecule is CC(C)(C)C(O)=[OH+].[Ir].[c-]1cccc2ccc3cccnc3c12. The van der Waals surface area contributed by atoms with Gasteiger partial charge >= 0.3 is 5.97 Å². The first kappa shape index (κ1) is 18.3. The minimum atomic E-state index is -0.507. The number of aliphatic hydroxyl groups excluding tert-OH is 1. The Labute approximate surface area is 143 Å². The standard InChI is InChI=1S/C13H8N.C5H10O2.Ir/c1-2-6-12-10(4-1)7-8-11-5-3-9-14-13(11)12;1-5(2,3)4(6)7;/h1-5,7-9H;1-3H3,(H,6,7);/q-1;;/p+1. The van der Waals surface area contributed by atoms with Crippen molar-refractivity contribution >= 4 is 27.6 Å². The molecule has 117 valence electrons. The van der Waals surface area contributed by atoms with Gasteiger partial charge in [-0.15, -0.1) is 35.0 Å². The van der Waals surface area contributed by atoms with E-state index in [9.17, 15) is 0 Å². The van der Waals surface area contributed by atoms with E-state index in [0.717, 1.165) is 10.9 Å². The molecule has 2 N–H and O–H groups in total. The summed E-state index contributed by atoms with van der Waals surface area (Å²) in [6.45, 7) is 5.17. The summed E-state index contributed by atoms with van der Waals surface area (Å²) in [7, 11) is 0. The van der Waals surface area contributed by atoms with E-state index in [2.05, 4.69) is 35.3 Å². The third kappa shape index (κ3) is 4.36. The van der Waals surface area contributed by atoms with Gasteiger partial charge in [0.05, 0.1) is 0 Å². The second-order valence-corrected chi connectivity index (χ2v) is 5.85. The van der Waals surface area contributed by atoms with E-state index in [1.54, 1.807) is 20.8 Å². The number of benzene rings is 2. The summed E-state index contributed by atoms with van der Waals surface area (Å²) in [6.07, 6.45) is 1.82. The maximum absolute atomic E-state index is 8.36. The van der Waals surface area contributed by atoms with Crippen molar-refractivity contribution in [1.82, 2.24) is 4.98 Å². The van der Waals surface area contributed by atoms with Gasteiger partial charge in [0.2, 0.25) is 0 Å². The molecule has 1 radical (unpaired) electrons. The molecular formula is C18H19IrNO2. The number of hydrogen-bond donors (Lipinski definition) is 1. The molecule has 0 aliphatic heterocycles. The number of aromatic nitrogens is 1. The van der Waals surface area contributed by atoms with Crippen LogP contribution in [-0.2, 0) is 20.1 Å². The van der Waals surface area contributed by atoms with Crippen LogP contribution >= 0.6 is 0 Å². The van der Waals surface area contributed by atoms with Crippen molar-refractivity contribution in [3.05, 3.63) is 54.7 Å². The molecule has 0 saturated heterocycles. The van der Waals surface area contributed by atoms with E-state index < -0.39 is 11.4 Å². The van der Waals surface area contributed by atoms with Crippen molar-refractivity contribution < 1.29 is 30.0 Å². The molecule has 0 fully saturated rings. The molecular weight excluding hydrogens is 454 g/mol. The molecule has 0 bridgehead atoms. The quantitative estimate of drug-likeness (QED) is 0.301. The maximum Gasteiger partial charge on any atom is 0.485 e. The molecule has 0 saturated carbocycles. The molecule has 2 aromatic carbocycles. The number of hydrogen-bond acceptors (Lipinski definition) is 1. The number of carboxylic acid groups (broad SMARTS) is 1. The van der Waals surface area contributed by atoms with Crippen LogP contribution in [0.3, 0.4) is 0 Å². The number of pyridine rings is 1. The summed E-state index contributed by atoms with van der Waals surface area (Å²) in [5, 5.41) is 11.8. The fourth-order valence-electron chi connectivity index (χ4n) is 1.73. The number of nitrogens with zero attached hydrogens (tertiary/aromatic N) is 1. The number of rotatable bonds is 0. The third-order valence-corrected chi connectivity index (χ3v) is 3.08. The zero-order valence-corrected chi connectivity index (χ0v) is 15.2. The molecule has 4 heteroatoms. The Kier molecular flexibility index (Phi) is 6.21. The Balaban J connectivity index is 0.000000264. The van der Waals surface area contributed by atoms with Crippen LogP contribution in [0.4, 0.5) is 0 Å². The molecule has 3 nitrogen and oxygen atoms in total. The maximum atomic E-state index is 8.36. The third-order valence-electron chi connectivity index (χ3n) is 3.08. The smallest absolute Gasteiger partial charge is 0.339 e. The molecule has 0 aliphatic rings. The zero-order valence-electron chi connectivity index (χ0n) is 12.8. The van der Waals surface area contributed by atoms with Crippen molar-refractivity contribution in [1.29, 1.82) is 0 Å². The summed E-state index contributed by atoms with van der Waals surface area (Å²) in [6, 6.07) is 17.5. The minimum absolute atomic E-state index is 0. The first-order valence-electron chi connectivity index (χ1n) is 6.79. The van der Waals surface area contributed by atoms with Crippen molar-refractivity contribution in [2.24, 2.45) is 5.41 Å². The predicted octanol–water partition coefficient (Wildman–Crippen LogP) is 4.28. The van der Waals surface area contributed by atoms with Crippen molar-refractivity contribution in [3.63, 3.8) is 0 Å². The Morgan fingerprint density at radius 1 is 1.09 bits per heavy atom. The fourth-order valence-corrected chi connectivity index (χ4v) is 1.73. The Morgan fingerprint density at radius 2 is 1.68 bits per heavy atom. The van der Waals surface area contributed by atoms with Gasteiger partial charge in [0.25, 0.3) is 0 Å². The normalized spacial score (nSPS) is 10.5. The molecule has 0 aliphatic carbocycles. The average molecular weight is 474 g/mol. The zero-order chi connectivity index (χ0) is 15.5. The van der Waals surface area contributed by atoms with Gasteiger partial charge in [-0.05, 0) is 37.7 Å². The van der Waals surface area contributed by atoms with Crippen LogP contribution in [0, 0.1) is 11.5 Å². The van der Waals surface area contributed by atoms with Crippen LogP contribution in [0.15, 0.2) is 48.7 Å². The van der Waals surface area contributed by atoms with Crippen LogP contribution in [0.25, 0.3) is 21.7 Å². The monoisotopic (exact) mass is 474 g/mol. The second kappa shape index (κ2) is 7.48. The molecule has 1 heterocycles. The molecule has 3 aromatic rings. The van der Waals surface area contributed by atoms with Crippen LogP contribution in [0.2, 0.25) is 0 Å². The molecule has 0 atom stereocenters. The van der Waals surface area contributed by atoms with Gasteiger partial charge in [-0.3, -0.25) is 0 Å². The Bertz CT molecular complexity index is 724. The first-order valence-corrected chi connectivity index (χ1v) is 6.79. The summed E-state index contributed by atoms with van der Waals surface area (Å²) in [4.78, 5) is 12.7. The van der Waals surface area contributed by atoms with Gasteiger partial charge in [-0.1, -0.05) is 18.2 Å². The molecule has 0 unspecified atom stereocenters. The predicted molar refractivity (Wildman–Crippen MR) is 87.1 cm³/mol. The van der Waals surface area contributed by atoms with Crippen LogP contribution < -0.4 is 0 Å². The molecule has 3 rings (SSSR count). The van der Waals surface area contributed by atoms with Gasteiger partial charge in [0, 0.05) is 26.3 Å². The average Bonchev–Trinajstić information content (AvgIpc) is 2.47. The van der Waals surface area contributed by atoms with E-state index in [1.165, 1.54) is 10.8 Å². The Hall–Kier alpha value is -1.77. The van der Waals surface area contributed by atoms with E-state index in [4.69, 9.17) is 9.90 Å². The van der Waals surface area contributed by atoms with Gasteiger partial charge in [-0.25, -0.2) is 0 Å². The van der Waals surface area contributed by atoms with Crippen LogP contribution in [0.1, 0.15) is 20.8 Å². The Morgan fingerprint density at radius 3 is 2.32 bits per heavy atom. The second-order valence-electron chi connectivity index (χ2n) is 5.85. The van der Waals surface area contributed by atoms with Crippen molar-refractivity contribution in [2.75, 3.05) is 0 Å². The molecule has 22 heavy (non-hydrogen) atoms. The van der Waals surface area contributed by atoms with E-state index in [-0.39, 0.29) is 20.1 Å². The summed E-state index contributed by atoms with van der Waals surface area (Å²) >= 11 is 0. The van der Waals surface area contributed by atoms with Crippen molar-refractivity contribution in [3.8, 4) is 0 Å². The van der Waals surface area contributed by atoms with Crippen LogP contribution in [-0.4, -0.2) is 20.9 Å². The van der Waals surface area contributed by atoms with E-state index >= 15 is 0 Å². The van der Waals surface area contributed by atoms with Gasteiger partial charge < -0.3 is 14.9 Å². The minimum Gasteiger partial charge on any atom is -0.339 e. The number of fused-ring (bicyclic) bond motifs is 3. The van der Waals surface area contributed by atoms with Gasteiger partial charge in [-0.2, -0.15) is 0 Å². The first-order chi connectivity index (χ1) is 9.89. The van der Waals surface area contributed by atoms with Gasteiger partial charge in [0.1, 0.15) is 5.41 Å². The number of carboxylic acids is 1. The topological polar surface area (TPSA) is 54.5 Å².